The number of hydrogen-bond donors (Lipinski definition) is 1. The molecule has 9 nitrogen and oxygen atoms in total. The van der Waals surface area contributed by atoms with E-state index in [9.17, 15) is 28.1 Å². The Morgan fingerprint density at radius 2 is 1.88 bits per heavy atom. The SMILES string of the molecule is CCN(CC(=O)Nc1ccccc1C(F)(F)F)Cc1nc(-c2ccc([N+](=O)[O-])cc2)no1. The summed E-state index contributed by atoms with van der Waals surface area (Å²) in [5, 5.41) is 16.9. The van der Waals surface area contributed by atoms with Gasteiger partial charge in [-0.25, -0.2) is 0 Å². The highest BCUT2D eigenvalue weighted by molar-refractivity contribution is 5.93. The molecular formula is C20H18F3N5O4. The standard InChI is InChI=1S/C20H18F3N5O4/c1-2-27(11-17(29)24-16-6-4-3-5-15(16)20(21,22)23)12-18-25-19(26-32-18)13-7-9-14(10-8-13)28(30)31/h3-10H,2,11-12H2,1H3,(H,24,29). The molecule has 3 rings (SSSR count). The third kappa shape index (κ3) is 5.66. The lowest BCUT2D eigenvalue weighted by atomic mass is 10.1. The minimum Gasteiger partial charge on any atom is -0.338 e. The van der Waals surface area contributed by atoms with Crippen LogP contribution in [-0.2, 0) is 17.5 Å². The van der Waals surface area contributed by atoms with Crippen molar-refractivity contribution in [2.75, 3.05) is 18.4 Å². The number of likely N-dealkylation sites (N-methyl/N-ethyl adjacent to an activating group) is 1. The summed E-state index contributed by atoms with van der Waals surface area (Å²) in [6.45, 7) is 2.05. The normalized spacial score (nSPS) is 11.5. The third-order valence-electron chi connectivity index (χ3n) is 4.48. The molecule has 0 saturated carbocycles. The molecule has 1 aromatic heterocycles. The predicted molar refractivity (Wildman–Crippen MR) is 107 cm³/mol. The number of para-hydroxylation sites is 1. The Morgan fingerprint density at radius 3 is 2.50 bits per heavy atom. The van der Waals surface area contributed by atoms with Crippen LogP contribution in [0.1, 0.15) is 18.4 Å². The summed E-state index contributed by atoms with van der Waals surface area (Å²) in [5.41, 5.74) is -0.816. The molecule has 0 aliphatic heterocycles. The minimum atomic E-state index is -4.59. The van der Waals surface area contributed by atoms with Crippen LogP contribution in [0.15, 0.2) is 53.1 Å². The highest BCUT2D eigenvalue weighted by Gasteiger charge is 2.33. The van der Waals surface area contributed by atoms with Gasteiger partial charge >= 0.3 is 6.18 Å². The molecule has 0 saturated heterocycles. The molecule has 0 bridgehead atoms. The summed E-state index contributed by atoms with van der Waals surface area (Å²) < 4.78 is 44.5. The van der Waals surface area contributed by atoms with E-state index in [0.29, 0.717) is 12.1 Å². The van der Waals surface area contributed by atoms with Crippen LogP contribution in [-0.4, -0.2) is 39.0 Å². The van der Waals surface area contributed by atoms with E-state index in [2.05, 4.69) is 15.5 Å². The number of non-ortho nitro benzene ring substituents is 1. The van der Waals surface area contributed by atoms with Gasteiger partial charge in [-0.05, 0) is 30.8 Å². The zero-order chi connectivity index (χ0) is 23.3. The van der Waals surface area contributed by atoms with E-state index in [1.807, 2.05) is 0 Å². The van der Waals surface area contributed by atoms with Crippen LogP contribution >= 0.6 is 0 Å². The van der Waals surface area contributed by atoms with Gasteiger partial charge < -0.3 is 9.84 Å². The van der Waals surface area contributed by atoms with E-state index in [4.69, 9.17) is 4.52 Å². The number of rotatable bonds is 8. The van der Waals surface area contributed by atoms with Gasteiger partial charge in [0, 0.05) is 17.7 Å². The molecule has 3 aromatic rings. The van der Waals surface area contributed by atoms with Crippen molar-refractivity contribution >= 4 is 17.3 Å². The molecule has 12 heteroatoms. The van der Waals surface area contributed by atoms with Gasteiger partial charge in [0.05, 0.1) is 29.3 Å². The van der Waals surface area contributed by atoms with Crippen LogP contribution in [0, 0.1) is 10.1 Å². The number of nitrogens with one attached hydrogen (secondary N) is 1. The first-order chi connectivity index (χ1) is 15.2. The molecule has 0 aliphatic rings. The Bertz CT molecular complexity index is 1100. The van der Waals surface area contributed by atoms with Crippen LogP contribution in [0.25, 0.3) is 11.4 Å². The van der Waals surface area contributed by atoms with Crippen molar-refractivity contribution in [2.45, 2.75) is 19.6 Å². The van der Waals surface area contributed by atoms with Gasteiger partial charge in [-0.2, -0.15) is 18.2 Å². The Morgan fingerprint density at radius 1 is 1.19 bits per heavy atom. The number of hydrogen-bond acceptors (Lipinski definition) is 7. The van der Waals surface area contributed by atoms with Crippen molar-refractivity contribution in [1.29, 1.82) is 0 Å². The number of benzene rings is 2. The fraction of sp³-hybridized carbons (Fsp3) is 0.250. The second-order valence-corrected chi connectivity index (χ2v) is 6.71. The third-order valence-corrected chi connectivity index (χ3v) is 4.48. The number of aromatic nitrogens is 2. The lowest BCUT2D eigenvalue weighted by molar-refractivity contribution is -0.384. The van der Waals surface area contributed by atoms with E-state index in [1.165, 1.54) is 42.5 Å². The Labute approximate surface area is 180 Å². The van der Waals surface area contributed by atoms with Crippen molar-refractivity contribution in [3.05, 3.63) is 70.1 Å². The van der Waals surface area contributed by atoms with E-state index in [-0.39, 0.29) is 36.2 Å². The number of nitrogens with zero attached hydrogens (tertiary/aromatic N) is 4. The molecule has 2 aromatic carbocycles. The lowest BCUT2D eigenvalue weighted by Gasteiger charge is -2.19. The zero-order valence-corrected chi connectivity index (χ0v) is 16.8. The lowest BCUT2D eigenvalue weighted by Crippen LogP contribution is -2.33. The van der Waals surface area contributed by atoms with E-state index in [1.54, 1.807) is 11.8 Å². The fourth-order valence-electron chi connectivity index (χ4n) is 2.87. The highest BCUT2D eigenvalue weighted by atomic mass is 19.4. The maximum absolute atomic E-state index is 13.1. The Balaban J connectivity index is 1.64. The quantitative estimate of drug-likeness (QED) is 0.406. The smallest absolute Gasteiger partial charge is 0.338 e. The summed E-state index contributed by atoms with van der Waals surface area (Å²) >= 11 is 0. The van der Waals surface area contributed by atoms with Crippen molar-refractivity contribution < 1.29 is 27.4 Å². The summed E-state index contributed by atoms with van der Waals surface area (Å²) in [7, 11) is 0. The minimum absolute atomic E-state index is 0.0762. The van der Waals surface area contributed by atoms with Crippen LogP contribution < -0.4 is 5.32 Å². The number of nitro benzene ring substituents is 1. The monoisotopic (exact) mass is 449 g/mol. The number of carbonyl (C=O) groups is 1. The molecule has 1 N–H and O–H groups in total. The average Bonchev–Trinajstić information content (AvgIpc) is 3.21. The number of halogens is 3. The summed E-state index contributed by atoms with van der Waals surface area (Å²) in [6, 6.07) is 10.3. The van der Waals surface area contributed by atoms with Gasteiger partial charge in [-0.15, -0.1) is 0 Å². The molecule has 0 radical (unpaired) electrons. The largest absolute Gasteiger partial charge is 0.418 e. The Hall–Kier alpha value is -3.80. The first-order valence-corrected chi connectivity index (χ1v) is 9.43. The van der Waals surface area contributed by atoms with Crippen molar-refractivity contribution in [3.63, 3.8) is 0 Å². The van der Waals surface area contributed by atoms with Gasteiger partial charge in [0.2, 0.25) is 17.6 Å². The van der Waals surface area contributed by atoms with Crippen molar-refractivity contribution in [1.82, 2.24) is 15.0 Å². The van der Waals surface area contributed by atoms with E-state index in [0.717, 1.165) is 6.07 Å². The predicted octanol–water partition coefficient (Wildman–Crippen LogP) is 4.12. The first-order valence-electron chi connectivity index (χ1n) is 9.43. The number of nitro groups is 1. The topological polar surface area (TPSA) is 114 Å². The highest BCUT2D eigenvalue weighted by Crippen LogP contribution is 2.34. The molecule has 0 aliphatic carbocycles. The maximum Gasteiger partial charge on any atom is 0.418 e. The van der Waals surface area contributed by atoms with E-state index < -0.39 is 22.6 Å². The van der Waals surface area contributed by atoms with Gasteiger partial charge in [0.1, 0.15) is 0 Å². The number of amides is 1. The molecule has 168 valence electrons. The maximum atomic E-state index is 13.1. The average molecular weight is 449 g/mol. The van der Waals surface area contributed by atoms with Crippen molar-refractivity contribution in [3.8, 4) is 11.4 Å². The summed E-state index contributed by atoms with van der Waals surface area (Å²) in [5.74, 6) is -0.225. The van der Waals surface area contributed by atoms with Crippen LogP contribution in [0.5, 0.6) is 0 Å². The van der Waals surface area contributed by atoms with Crippen LogP contribution in [0.4, 0.5) is 24.5 Å². The van der Waals surface area contributed by atoms with Gasteiger partial charge in [-0.1, -0.05) is 24.2 Å². The molecule has 0 spiro atoms. The molecule has 1 heterocycles. The number of carbonyl (C=O) groups excluding carboxylic acids is 1. The molecular weight excluding hydrogens is 431 g/mol. The van der Waals surface area contributed by atoms with Crippen LogP contribution in [0.2, 0.25) is 0 Å². The second-order valence-electron chi connectivity index (χ2n) is 6.71. The zero-order valence-electron chi connectivity index (χ0n) is 16.8. The molecule has 0 fully saturated rings. The van der Waals surface area contributed by atoms with Crippen molar-refractivity contribution in [2.24, 2.45) is 0 Å². The fourth-order valence-corrected chi connectivity index (χ4v) is 2.87. The number of anilines is 1. The molecule has 1 amide bonds. The van der Waals surface area contributed by atoms with Crippen LogP contribution in [0.3, 0.4) is 0 Å². The molecule has 0 atom stereocenters. The molecule has 0 unspecified atom stereocenters. The summed E-state index contributed by atoms with van der Waals surface area (Å²) in [4.78, 5) is 28.4. The van der Waals surface area contributed by atoms with Gasteiger partial charge in [0.15, 0.2) is 0 Å². The second kappa shape index (κ2) is 9.56. The van der Waals surface area contributed by atoms with E-state index >= 15 is 0 Å². The summed E-state index contributed by atoms with van der Waals surface area (Å²) in [6.07, 6.45) is -4.59. The molecule has 32 heavy (non-hydrogen) atoms. The van der Waals surface area contributed by atoms with Gasteiger partial charge in [0.25, 0.3) is 5.69 Å². The number of alkyl halides is 3. The van der Waals surface area contributed by atoms with Gasteiger partial charge in [-0.3, -0.25) is 19.8 Å². The first kappa shape index (κ1) is 22.9. The Kier molecular flexibility index (Phi) is 6.83.